The van der Waals surface area contributed by atoms with E-state index >= 15 is 0 Å². The van der Waals surface area contributed by atoms with E-state index in [0.29, 0.717) is 36.8 Å². The number of carbonyl (C=O) groups is 2. The van der Waals surface area contributed by atoms with Crippen LogP contribution in [0.2, 0.25) is 0 Å². The van der Waals surface area contributed by atoms with Crippen molar-refractivity contribution in [3.8, 4) is 11.5 Å². The number of aliphatic carboxylic acids is 1. The first-order valence-electron chi connectivity index (χ1n) is 12.5. The first-order chi connectivity index (χ1) is 17.4. The minimum absolute atomic E-state index is 0.0780. The number of anilines is 1. The number of urea groups is 1. The van der Waals surface area contributed by atoms with E-state index in [4.69, 9.17) is 9.47 Å². The van der Waals surface area contributed by atoms with Gasteiger partial charge in [-0.05, 0) is 49.6 Å². The fourth-order valence-corrected chi connectivity index (χ4v) is 4.74. The number of carboxylic acids is 1. The molecular weight excluding hydrogens is 460 g/mol. The molecule has 2 amide bonds. The number of carbonyl (C=O) groups excluding carboxylic acids is 1. The van der Waals surface area contributed by atoms with E-state index in [1.54, 1.807) is 29.0 Å². The van der Waals surface area contributed by atoms with Crippen molar-refractivity contribution >= 4 is 28.7 Å². The molecule has 4 rings (SSSR count). The van der Waals surface area contributed by atoms with E-state index in [9.17, 15) is 14.7 Å². The molecule has 36 heavy (non-hydrogen) atoms. The smallest absolute Gasteiger partial charge is 0.324 e. The monoisotopic (exact) mass is 494 g/mol. The molecule has 1 N–H and O–H groups in total. The number of methoxy groups -OCH3 is 1. The molecule has 0 unspecified atom stereocenters. The quantitative estimate of drug-likeness (QED) is 0.373. The Hall–Kier alpha value is -3.75. The summed E-state index contributed by atoms with van der Waals surface area (Å²) in [7, 11) is 1.61. The molecule has 9 heteroatoms. The highest BCUT2D eigenvalue weighted by molar-refractivity contribution is 5.94. The summed E-state index contributed by atoms with van der Waals surface area (Å²) in [5, 5.41) is 10.0. The van der Waals surface area contributed by atoms with Gasteiger partial charge in [-0.1, -0.05) is 19.8 Å². The van der Waals surface area contributed by atoms with Crippen LogP contribution >= 0.6 is 0 Å². The highest BCUT2D eigenvalue weighted by Crippen LogP contribution is 2.35. The lowest BCUT2D eigenvalue weighted by atomic mass is 10.0. The van der Waals surface area contributed by atoms with Crippen LogP contribution < -0.4 is 14.4 Å². The largest absolute Gasteiger partial charge is 0.493 e. The van der Waals surface area contributed by atoms with Crippen LogP contribution in [0.5, 0.6) is 11.5 Å². The fourth-order valence-electron chi connectivity index (χ4n) is 4.74. The van der Waals surface area contributed by atoms with Gasteiger partial charge < -0.3 is 24.0 Å². The molecule has 1 aliphatic heterocycles. The summed E-state index contributed by atoms with van der Waals surface area (Å²) < 4.78 is 13.1. The van der Waals surface area contributed by atoms with Crippen molar-refractivity contribution in [2.75, 3.05) is 31.7 Å². The molecule has 1 saturated heterocycles. The third-order valence-electron chi connectivity index (χ3n) is 6.64. The molecule has 192 valence electrons. The molecule has 0 saturated carbocycles. The van der Waals surface area contributed by atoms with Gasteiger partial charge in [-0.3, -0.25) is 9.69 Å². The molecular formula is C27H34N4O5. The maximum Gasteiger partial charge on any atom is 0.324 e. The van der Waals surface area contributed by atoms with E-state index in [2.05, 4.69) is 11.9 Å². The van der Waals surface area contributed by atoms with Crippen molar-refractivity contribution in [1.29, 1.82) is 0 Å². The van der Waals surface area contributed by atoms with E-state index in [0.717, 1.165) is 42.3 Å². The second kappa shape index (κ2) is 11.3. The number of carboxylic acid groups (broad SMARTS) is 1. The molecule has 1 fully saturated rings. The number of hydrogen-bond donors (Lipinski definition) is 1. The first kappa shape index (κ1) is 25.3. The number of amides is 2. The van der Waals surface area contributed by atoms with Crippen molar-refractivity contribution in [2.24, 2.45) is 0 Å². The average molecular weight is 495 g/mol. The summed E-state index contributed by atoms with van der Waals surface area (Å²) in [6.07, 6.45) is 7.40. The lowest BCUT2D eigenvalue weighted by Gasteiger charge is -2.39. The van der Waals surface area contributed by atoms with Gasteiger partial charge in [0, 0.05) is 42.6 Å². The van der Waals surface area contributed by atoms with Gasteiger partial charge in [0.25, 0.3) is 0 Å². The second-order valence-electron chi connectivity index (χ2n) is 9.02. The number of ether oxygens (including phenoxy) is 2. The Balaban J connectivity index is 1.57. The Morgan fingerprint density at radius 1 is 1.17 bits per heavy atom. The van der Waals surface area contributed by atoms with Crippen molar-refractivity contribution in [3.63, 3.8) is 0 Å². The molecule has 1 aliphatic rings. The minimum Gasteiger partial charge on any atom is -0.493 e. The topological polar surface area (TPSA) is 97.1 Å². The summed E-state index contributed by atoms with van der Waals surface area (Å²) in [6.45, 7) is 5.84. The summed E-state index contributed by atoms with van der Waals surface area (Å²) in [4.78, 5) is 32.9. The van der Waals surface area contributed by atoms with Gasteiger partial charge >= 0.3 is 12.0 Å². The highest BCUT2D eigenvalue weighted by Gasteiger charge is 2.32. The minimum atomic E-state index is -0.928. The number of benzene rings is 1. The van der Waals surface area contributed by atoms with Crippen LogP contribution in [0.25, 0.3) is 11.0 Å². The van der Waals surface area contributed by atoms with Crippen molar-refractivity contribution in [1.82, 2.24) is 14.5 Å². The van der Waals surface area contributed by atoms with Gasteiger partial charge in [0.05, 0.1) is 19.8 Å². The Bertz CT molecular complexity index is 1220. The van der Waals surface area contributed by atoms with E-state index in [1.165, 1.54) is 0 Å². The molecule has 0 bridgehead atoms. The highest BCUT2D eigenvalue weighted by atomic mass is 16.5. The molecule has 0 spiro atoms. The Labute approximate surface area is 211 Å². The Kier molecular flexibility index (Phi) is 7.97. The predicted octanol–water partition coefficient (Wildman–Crippen LogP) is 5.09. The van der Waals surface area contributed by atoms with Gasteiger partial charge in [-0.2, -0.15) is 0 Å². The third kappa shape index (κ3) is 5.24. The third-order valence-corrected chi connectivity index (χ3v) is 6.64. The van der Waals surface area contributed by atoms with Crippen LogP contribution in [0.15, 0.2) is 42.7 Å². The van der Waals surface area contributed by atoms with Crippen LogP contribution in [0, 0.1) is 0 Å². The lowest BCUT2D eigenvalue weighted by molar-refractivity contribution is -0.137. The number of aromatic nitrogens is 2. The predicted molar refractivity (Wildman–Crippen MR) is 138 cm³/mol. The lowest BCUT2D eigenvalue weighted by Crippen LogP contribution is -2.50. The zero-order valence-corrected chi connectivity index (χ0v) is 21.1. The number of rotatable bonds is 11. The van der Waals surface area contributed by atoms with Crippen LogP contribution in [-0.4, -0.2) is 58.4 Å². The Morgan fingerprint density at radius 3 is 2.75 bits per heavy atom. The number of hydrogen-bond acceptors (Lipinski definition) is 5. The zero-order valence-electron chi connectivity index (χ0n) is 21.1. The number of pyridine rings is 1. The normalized spacial score (nSPS) is 14.8. The van der Waals surface area contributed by atoms with Crippen LogP contribution in [0.4, 0.5) is 10.5 Å². The zero-order chi connectivity index (χ0) is 25.7. The number of nitrogens with zero attached hydrogens (tertiary/aromatic N) is 4. The molecule has 1 atom stereocenters. The SMILES string of the molecule is CCCCCOc1cc(N2CCCN([C@@H](C)c3ccnc4c3ccn4CC(=O)O)C2=O)ccc1OC. The van der Waals surface area contributed by atoms with Crippen molar-refractivity contribution in [3.05, 3.63) is 48.3 Å². The molecule has 3 heterocycles. The Morgan fingerprint density at radius 2 is 2.00 bits per heavy atom. The van der Waals surface area contributed by atoms with Crippen LogP contribution in [0.3, 0.4) is 0 Å². The average Bonchev–Trinajstić information content (AvgIpc) is 3.28. The molecule has 0 aliphatic carbocycles. The first-order valence-corrected chi connectivity index (χ1v) is 12.5. The second-order valence-corrected chi connectivity index (χ2v) is 9.02. The molecule has 9 nitrogen and oxygen atoms in total. The summed E-state index contributed by atoms with van der Waals surface area (Å²) in [6, 6.07) is 9.10. The van der Waals surface area contributed by atoms with Gasteiger partial charge in [0.2, 0.25) is 0 Å². The molecule has 1 aromatic carbocycles. The van der Waals surface area contributed by atoms with Crippen molar-refractivity contribution < 1.29 is 24.2 Å². The fraction of sp³-hybridized carbons (Fsp3) is 0.444. The standard InChI is InChI=1S/C27H34N4O5/c1-4-5-6-16-36-24-17-20(8-9-23(24)35-3)31-14-7-13-30(27(31)34)19(2)21-10-12-28-26-22(21)11-15-29(26)18-25(32)33/h8-12,15,17,19H,4-7,13-14,16,18H2,1-3H3,(H,32,33)/t19-/m0/s1. The summed E-state index contributed by atoms with van der Waals surface area (Å²) in [5.41, 5.74) is 2.31. The molecule has 2 aromatic heterocycles. The van der Waals surface area contributed by atoms with Crippen LogP contribution in [-0.2, 0) is 11.3 Å². The summed E-state index contributed by atoms with van der Waals surface area (Å²) in [5.74, 6) is 0.359. The van der Waals surface area contributed by atoms with E-state index < -0.39 is 5.97 Å². The van der Waals surface area contributed by atoms with Gasteiger partial charge in [0.15, 0.2) is 11.5 Å². The molecule has 3 aromatic rings. The number of unbranched alkanes of at least 4 members (excludes halogenated alkanes) is 2. The van der Waals surface area contributed by atoms with Gasteiger partial charge in [-0.25, -0.2) is 9.78 Å². The number of fused-ring (bicyclic) bond motifs is 1. The van der Waals surface area contributed by atoms with E-state index in [-0.39, 0.29) is 18.6 Å². The maximum absolute atomic E-state index is 13.7. The summed E-state index contributed by atoms with van der Waals surface area (Å²) >= 11 is 0. The molecule has 0 radical (unpaired) electrons. The van der Waals surface area contributed by atoms with E-state index in [1.807, 2.05) is 42.2 Å². The van der Waals surface area contributed by atoms with Crippen LogP contribution in [0.1, 0.15) is 51.1 Å². The van der Waals surface area contributed by atoms with Crippen molar-refractivity contribution in [2.45, 2.75) is 52.1 Å². The maximum atomic E-state index is 13.7. The van der Waals surface area contributed by atoms with Gasteiger partial charge in [0.1, 0.15) is 12.2 Å². The van der Waals surface area contributed by atoms with Gasteiger partial charge in [-0.15, -0.1) is 0 Å².